The van der Waals surface area contributed by atoms with Crippen molar-refractivity contribution in [2.75, 3.05) is 0 Å². The third-order valence-corrected chi connectivity index (χ3v) is 3.98. The van der Waals surface area contributed by atoms with Crippen molar-refractivity contribution in [1.29, 1.82) is 0 Å². The minimum absolute atomic E-state index is 0.0206. The van der Waals surface area contributed by atoms with Crippen LogP contribution in [-0.4, -0.2) is 11.8 Å². The fourth-order valence-electron chi connectivity index (χ4n) is 2.13. The summed E-state index contributed by atoms with van der Waals surface area (Å²) >= 11 is 6.01. The Bertz CT molecular complexity index is 790. The average Bonchev–Trinajstić information content (AvgIpc) is 2.58. The highest BCUT2D eigenvalue weighted by Gasteiger charge is 2.14. The second-order valence-corrected chi connectivity index (χ2v) is 7.03. The second-order valence-electron chi connectivity index (χ2n) is 6.63. The second kappa shape index (κ2) is 7.99. The number of halogens is 1. The highest BCUT2D eigenvalue weighted by atomic mass is 35.5. The molecule has 2 rings (SSSR count). The van der Waals surface area contributed by atoms with Crippen LogP contribution in [-0.2, 0) is 10.2 Å². The zero-order valence-electron chi connectivity index (χ0n) is 14.5. The van der Waals surface area contributed by atoms with Gasteiger partial charge in [-0.15, -0.1) is 0 Å². The SMILES string of the molecule is CC(C)(C)c1ccc(C(=O)NNC(=O)C=Cc2ccccc2Cl)cc1. The molecule has 0 aliphatic carbocycles. The van der Waals surface area contributed by atoms with E-state index in [0.717, 1.165) is 11.1 Å². The molecule has 25 heavy (non-hydrogen) atoms. The van der Waals surface area contributed by atoms with Crippen molar-refractivity contribution >= 4 is 29.5 Å². The Labute approximate surface area is 152 Å². The molecule has 0 aromatic heterocycles. The van der Waals surface area contributed by atoms with Crippen molar-refractivity contribution in [2.24, 2.45) is 0 Å². The van der Waals surface area contributed by atoms with Crippen molar-refractivity contribution in [3.63, 3.8) is 0 Å². The molecular weight excluding hydrogens is 336 g/mol. The van der Waals surface area contributed by atoms with E-state index in [4.69, 9.17) is 11.6 Å². The maximum absolute atomic E-state index is 12.1. The number of carbonyl (C=O) groups is 2. The van der Waals surface area contributed by atoms with Gasteiger partial charge in [-0.25, -0.2) is 0 Å². The largest absolute Gasteiger partial charge is 0.269 e. The van der Waals surface area contributed by atoms with Crippen molar-refractivity contribution in [3.05, 3.63) is 76.3 Å². The van der Waals surface area contributed by atoms with E-state index in [1.54, 1.807) is 30.3 Å². The van der Waals surface area contributed by atoms with Crippen LogP contribution in [0.4, 0.5) is 0 Å². The quantitative estimate of drug-likeness (QED) is 0.642. The van der Waals surface area contributed by atoms with Crippen molar-refractivity contribution < 1.29 is 9.59 Å². The van der Waals surface area contributed by atoms with Gasteiger partial charge >= 0.3 is 0 Å². The summed E-state index contributed by atoms with van der Waals surface area (Å²) < 4.78 is 0. The highest BCUT2D eigenvalue weighted by molar-refractivity contribution is 6.32. The first-order chi connectivity index (χ1) is 11.8. The Morgan fingerprint density at radius 3 is 2.20 bits per heavy atom. The molecular formula is C20H21ClN2O2. The van der Waals surface area contributed by atoms with Crippen LogP contribution in [0.15, 0.2) is 54.6 Å². The van der Waals surface area contributed by atoms with Crippen LogP contribution in [0.2, 0.25) is 5.02 Å². The van der Waals surface area contributed by atoms with Gasteiger partial charge in [0.05, 0.1) is 0 Å². The molecule has 0 saturated heterocycles. The van der Waals surface area contributed by atoms with E-state index >= 15 is 0 Å². The first kappa shape index (κ1) is 18.7. The molecule has 4 nitrogen and oxygen atoms in total. The third-order valence-electron chi connectivity index (χ3n) is 3.63. The molecule has 0 fully saturated rings. The minimum Gasteiger partial charge on any atom is -0.268 e. The van der Waals surface area contributed by atoms with Crippen molar-refractivity contribution in [2.45, 2.75) is 26.2 Å². The summed E-state index contributed by atoms with van der Waals surface area (Å²) in [5, 5.41) is 0.550. The number of hydrazine groups is 1. The van der Waals surface area contributed by atoms with Crippen LogP contribution in [0.25, 0.3) is 6.08 Å². The van der Waals surface area contributed by atoms with Gasteiger partial charge in [0, 0.05) is 16.7 Å². The molecule has 0 radical (unpaired) electrons. The molecule has 2 aromatic carbocycles. The van der Waals surface area contributed by atoms with Crippen LogP contribution in [0.1, 0.15) is 42.3 Å². The normalized spacial score (nSPS) is 11.4. The lowest BCUT2D eigenvalue weighted by atomic mass is 9.87. The van der Waals surface area contributed by atoms with Gasteiger partial charge in [-0.05, 0) is 40.8 Å². The molecule has 130 valence electrons. The van der Waals surface area contributed by atoms with Gasteiger partial charge in [0.15, 0.2) is 0 Å². The van der Waals surface area contributed by atoms with Gasteiger partial charge in [0.25, 0.3) is 11.8 Å². The van der Waals surface area contributed by atoms with Crippen LogP contribution in [0.3, 0.4) is 0 Å². The zero-order valence-corrected chi connectivity index (χ0v) is 15.2. The van der Waals surface area contributed by atoms with E-state index < -0.39 is 5.91 Å². The zero-order chi connectivity index (χ0) is 18.4. The molecule has 0 atom stereocenters. The Morgan fingerprint density at radius 1 is 0.960 bits per heavy atom. The van der Waals surface area contributed by atoms with Gasteiger partial charge in [0.2, 0.25) is 0 Å². The predicted octanol–water partition coefficient (Wildman–Crippen LogP) is 4.11. The predicted molar refractivity (Wildman–Crippen MR) is 101 cm³/mol. The lowest BCUT2D eigenvalue weighted by Gasteiger charge is -2.19. The van der Waals surface area contributed by atoms with E-state index in [1.807, 2.05) is 24.3 Å². The molecule has 0 spiro atoms. The smallest absolute Gasteiger partial charge is 0.268 e. The van der Waals surface area contributed by atoms with Gasteiger partial charge in [-0.3, -0.25) is 20.4 Å². The van der Waals surface area contributed by atoms with Gasteiger partial charge in [0.1, 0.15) is 0 Å². The minimum atomic E-state index is -0.445. The Morgan fingerprint density at radius 2 is 1.60 bits per heavy atom. The van der Waals surface area contributed by atoms with Crippen LogP contribution >= 0.6 is 11.6 Å². The summed E-state index contributed by atoms with van der Waals surface area (Å²) in [5.41, 5.74) is 7.09. The average molecular weight is 357 g/mol. The van der Waals surface area contributed by atoms with Crippen molar-refractivity contribution in [1.82, 2.24) is 10.9 Å². The lowest BCUT2D eigenvalue weighted by Crippen LogP contribution is -2.40. The summed E-state index contributed by atoms with van der Waals surface area (Å²) in [4.78, 5) is 23.9. The standard InChI is InChI=1S/C20H21ClN2O2/c1-20(2,3)16-11-8-15(9-12-16)19(25)23-22-18(24)13-10-14-6-4-5-7-17(14)21/h4-13H,1-3H3,(H,22,24)(H,23,25). The number of benzene rings is 2. The maximum atomic E-state index is 12.1. The van der Waals surface area contributed by atoms with Crippen LogP contribution in [0, 0.1) is 0 Å². The van der Waals surface area contributed by atoms with Gasteiger partial charge < -0.3 is 0 Å². The molecule has 2 aromatic rings. The number of hydrogen-bond donors (Lipinski definition) is 2. The number of carbonyl (C=O) groups excluding carboxylic acids is 2. The van der Waals surface area contributed by atoms with Crippen LogP contribution in [0.5, 0.6) is 0 Å². The molecule has 0 bridgehead atoms. The number of rotatable bonds is 3. The molecule has 0 aliphatic rings. The summed E-state index contributed by atoms with van der Waals surface area (Å²) in [6.07, 6.45) is 2.89. The maximum Gasteiger partial charge on any atom is 0.269 e. The fraction of sp³-hybridized carbons (Fsp3) is 0.200. The van der Waals surface area contributed by atoms with Gasteiger partial charge in [-0.1, -0.05) is 62.7 Å². The van der Waals surface area contributed by atoms with E-state index in [9.17, 15) is 9.59 Å². The van der Waals surface area contributed by atoms with Gasteiger partial charge in [-0.2, -0.15) is 0 Å². The molecule has 0 heterocycles. The van der Waals surface area contributed by atoms with E-state index in [-0.39, 0.29) is 11.3 Å². The molecule has 0 unspecified atom stereocenters. The summed E-state index contributed by atoms with van der Waals surface area (Å²) in [6, 6.07) is 14.5. The Kier molecular flexibility index (Phi) is 5.99. The molecule has 2 amide bonds. The Balaban J connectivity index is 1.91. The van der Waals surface area contributed by atoms with Crippen LogP contribution < -0.4 is 10.9 Å². The number of hydrogen-bond acceptors (Lipinski definition) is 2. The molecule has 2 N–H and O–H groups in total. The fourth-order valence-corrected chi connectivity index (χ4v) is 2.33. The highest BCUT2D eigenvalue weighted by Crippen LogP contribution is 2.22. The van der Waals surface area contributed by atoms with E-state index in [0.29, 0.717) is 10.6 Å². The van der Waals surface area contributed by atoms with E-state index in [1.165, 1.54) is 6.08 Å². The first-order valence-corrected chi connectivity index (χ1v) is 8.28. The monoisotopic (exact) mass is 356 g/mol. The van der Waals surface area contributed by atoms with E-state index in [2.05, 4.69) is 31.6 Å². The van der Waals surface area contributed by atoms with Crippen molar-refractivity contribution in [3.8, 4) is 0 Å². The summed E-state index contributed by atoms with van der Waals surface area (Å²) in [7, 11) is 0. The molecule has 5 heteroatoms. The summed E-state index contributed by atoms with van der Waals surface area (Å²) in [5.74, 6) is -0.820. The Hall–Kier alpha value is -2.59. The lowest BCUT2D eigenvalue weighted by molar-refractivity contribution is -0.117. The third kappa shape index (κ3) is 5.47. The number of nitrogens with one attached hydrogen (secondary N) is 2. The molecule has 0 saturated carbocycles. The summed E-state index contributed by atoms with van der Waals surface area (Å²) in [6.45, 7) is 6.31. The molecule has 0 aliphatic heterocycles. The number of amides is 2. The first-order valence-electron chi connectivity index (χ1n) is 7.91. The topological polar surface area (TPSA) is 58.2 Å².